The summed E-state index contributed by atoms with van der Waals surface area (Å²) in [6, 6.07) is 0. The van der Waals surface area contributed by atoms with Crippen molar-refractivity contribution in [2.75, 3.05) is 5.73 Å². The molecule has 0 amide bonds. The minimum absolute atomic E-state index is 0.0422. The van der Waals surface area contributed by atoms with Crippen molar-refractivity contribution >= 4 is 33.2 Å². The zero-order valence-corrected chi connectivity index (χ0v) is 8.74. The first-order valence-electron chi connectivity index (χ1n) is 3.34. The Morgan fingerprint density at radius 3 is 2.69 bits per heavy atom. The predicted octanol–water partition coefficient (Wildman–Crippen LogP) is 3.15. The molecule has 1 heterocycles. The SMILES string of the molecule is Nc1c(C(F)F)ncc(Cl)c1CBr. The van der Waals surface area contributed by atoms with Crippen LogP contribution in [-0.4, -0.2) is 4.98 Å². The van der Waals surface area contributed by atoms with E-state index >= 15 is 0 Å². The van der Waals surface area contributed by atoms with Crippen molar-refractivity contribution in [3.05, 3.63) is 22.5 Å². The van der Waals surface area contributed by atoms with E-state index in [-0.39, 0.29) is 5.69 Å². The minimum Gasteiger partial charge on any atom is -0.397 e. The molecule has 0 aliphatic carbocycles. The van der Waals surface area contributed by atoms with Gasteiger partial charge in [0.25, 0.3) is 6.43 Å². The van der Waals surface area contributed by atoms with Gasteiger partial charge in [-0.2, -0.15) is 0 Å². The molecule has 1 aromatic rings. The van der Waals surface area contributed by atoms with Crippen molar-refractivity contribution in [2.24, 2.45) is 0 Å². The summed E-state index contributed by atoms with van der Waals surface area (Å²) in [7, 11) is 0. The van der Waals surface area contributed by atoms with E-state index in [1.807, 2.05) is 0 Å². The largest absolute Gasteiger partial charge is 0.397 e. The number of anilines is 1. The van der Waals surface area contributed by atoms with Crippen molar-refractivity contribution in [3.8, 4) is 0 Å². The van der Waals surface area contributed by atoms with Crippen LogP contribution in [0.15, 0.2) is 6.20 Å². The molecule has 6 heteroatoms. The second-order valence-electron chi connectivity index (χ2n) is 2.32. The third-order valence-electron chi connectivity index (χ3n) is 1.55. The average molecular weight is 271 g/mol. The van der Waals surface area contributed by atoms with Crippen molar-refractivity contribution < 1.29 is 8.78 Å². The third-order valence-corrected chi connectivity index (χ3v) is 2.43. The number of rotatable bonds is 2. The number of alkyl halides is 3. The highest BCUT2D eigenvalue weighted by Gasteiger charge is 2.17. The van der Waals surface area contributed by atoms with Gasteiger partial charge in [-0.15, -0.1) is 0 Å². The lowest BCUT2D eigenvalue weighted by atomic mass is 10.2. The monoisotopic (exact) mass is 270 g/mol. The molecule has 2 N–H and O–H groups in total. The molecule has 0 fully saturated rings. The number of hydrogen-bond donors (Lipinski definition) is 1. The lowest BCUT2D eigenvalue weighted by Crippen LogP contribution is -2.02. The highest BCUT2D eigenvalue weighted by molar-refractivity contribution is 9.08. The number of halogens is 4. The van der Waals surface area contributed by atoms with Crippen molar-refractivity contribution in [2.45, 2.75) is 11.8 Å². The zero-order valence-electron chi connectivity index (χ0n) is 6.40. The summed E-state index contributed by atoms with van der Waals surface area (Å²) in [5, 5.41) is 0.624. The number of hydrogen-bond acceptors (Lipinski definition) is 2. The number of aromatic nitrogens is 1. The van der Waals surface area contributed by atoms with Gasteiger partial charge in [0, 0.05) is 17.1 Å². The Kier molecular flexibility index (Phi) is 3.44. The van der Waals surface area contributed by atoms with Crippen LogP contribution in [0.5, 0.6) is 0 Å². The quantitative estimate of drug-likeness (QED) is 0.839. The van der Waals surface area contributed by atoms with Gasteiger partial charge < -0.3 is 5.73 Å². The van der Waals surface area contributed by atoms with Gasteiger partial charge in [-0.1, -0.05) is 27.5 Å². The van der Waals surface area contributed by atoms with Crippen molar-refractivity contribution in [3.63, 3.8) is 0 Å². The van der Waals surface area contributed by atoms with Crippen LogP contribution in [0.4, 0.5) is 14.5 Å². The molecule has 0 aromatic carbocycles. The molecule has 0 radical (unpaired) electrons. The molecular formula is C7H6BrClF2N2. The van der Waals surface area contributed by atoms with Crippen LogP contribution in [0.2, 0.25) is 5.02 Å². The van der Waals surface area contributed by atoms with Crippen LogP contribution < -0.4 is 5.73 Å². The molecule has 72 valence electrons. The first-order chi connectivity index (χ1) is 6.07. The fraction of sp³-hybridized carbons (Fsp3) is 0.286. The second kappa shape index (κ2) is 4.19. The standard InChI is InChI=1S/C7H6BrClF2N2/c8-1-3-4(9)2-13-6(5(3)12)7(10)11/h2,7H,1,12H2. The van der Waals surface area contributed by atoms with Gasteiger partial charge in [0.1, 0.15) is 5.69 Å². The number of nitrogens with zero attached hydrogens (tertiary/aromatic N) is 1. The molecule has 13 heavy (non-hydrogen) atoms. The normalized spacial score (nSPS) is 10.8. The highest BCUT2D eigenvalue weighted by Crippen LogP contribution is 2.31. The van der Waals surface area contributed by atoms with Gasteiger partial charge in [-0.3, -0.25) is 4.98 Å². The van der Waals surface area contributed by atoms with E-state index in [4.69, 9.17) is 17.3 Å². The van der Waals surface area contributed by atoms with E-state index in [0.29, 0.717) is 15.9 Å². The van der Waals surface area contributed by atoms with Gasteiger partial charge in [0.2, 0.25) is 0 Å². The van der Waals surface area contributed by atoms with Gasteiger partial charge in [-0.25, -0.2) is 8.78 Å². The summed E-state index contributed by atoms with van der Waals surface area (Å²) in [5.41, 5.74) is 5.43. The van der Waals surface area contributed by atoms with E-state index in [1.54, 1.807) is 0 Å². The smallest absolute Gasteiger partial charge is 0.282 e. The molecule has 0 aliphatic heterocycles. The molecular weight excluding hydrogens is 265 g/mol. The maximum absolute atomic E-state index is 12.3. The maximum atomic E-state index is 12.3. The van der Waals surface area contributed by atoms with E-state index < -0.39 is 12.1 Å². The topological polar surface area (TPSA) is 38.9 Å². The van der Waals surface area contributed by atoms with Gasteiger partial charge in [0.05, 0.1) is 10.7 Å². The van der Waals surface area contributed by atoms with Crippen LogP contribution in [0.1, 0.15) is 17.7 Å². The fourth-order valence-corrected chi connectivity index (χ4v) is 1.85. The minimum atomic E-state index is -2.67. The van der Waals surface area contributed by atoms with Crippen LogP contribution in [0.25, 0.3) is 0 Å². The molecule has 0 saturated carbocycles. The first-order valence-corrected chi connectivity index (χ1v) is 4.84. The summed E-state index contributed by atoms with van der Waals surface area (Å²) in [4.78, 5) is 3.46. The van der Waals surface area contributed by atoms with Gasteiger partial charge >= 0.3 is 0 Å². The van der Waals surface area contributed by atoms with Crippen LogP contribution in [-0.2, 0) is 5.33 Å². The summed E-state index contributed by atoms with van der Waals surface area (Å²) in [5.74, 6) is 0. The van der Waals surface area contributed by atoms with E-state index in [2.05, 4.69) is 20.9 Å². The first kappa shape index (κ1) is 10.7. The Hall–Kier alpha value is -0.420. The molecule has 0 aliphatic rings. The molecule has 0 saturated heterocycles. The van der Waals surface area contributed by atoms with Crippen LogP contribution in [0.3, 0.4) is 0 Å². The van der Waals surface area contributed by atoms with Crippen LogP contribution in [0, 0.1) is 0 Å². The molecule has 0 atom stereocenters. The summed E-state index contributed by atoms with van der Waals surface area (Å²) >= 11 is 8.79. The summed E-state index contributed by atoms with van der Waals surface area (Å²) < 4.78 is 24.6. The second-order valence-corrected chi connectivity index (χ2v) is 3.29. The molecule has 1 aromatic heterocycles. The molecule has 0 unspecified atom stereocenters. The Bertz CT molecular complexity index is 320. The van der Waals surface area contributed by atoms with Gasteiger partial charge in [0.15, 0.2) is 0 Å². The molecule has 0 bridgehead atoms. The lowest BCUT2D eigenvalue weighted by Gasteiger charge is -2.08. The Morgan fingerprint density at radius 2 is 2.23 bits per heavy atom. The zero-order chi connectivity index (χ0) is 10.0. The third kappa shape index (κ3) is 2.08. The Balaban J connectivity index is 3.27. The molecule has 0 spiro atoms. The van der Waals surface area contributed by atoms with E-state index in [1.165, 1.54) is 6.20 Å². The summed E-state index contributed by atoms with van der Waals surface area (Å²) in [6.07, 6.45) is -1.49. The Labute approximate surface area is 87.2 Å². The van der Waals surface area contributed by atoms with Gasteiger partial charge in [-0.05, 0) is 0 Å². The number of nitrogens with two attached hydrogens (primary N) is 1. The predicted molar refractivity (Wildman–Crippen MR) is 51.2 cm³/mol. The number of nitrogen functional groups attached to an aromatic ring is 1. The fourth-order valence-electron chi connectivity index (χ4n) is 0.867. The maximum Gasteiger partial charge on any atom is 0.282 e. The lowest BCUT2D eigenvalue weighted by molar-refractivity contribution is 0.147. The molecule has 1 rings (SSSR count). The summed E-state index contributed by atoms with van der Waals surface area (Å²) in [6.45, 7) is 0. The average Bonchev–Trinajstić information content (AvgIpc) is 2.04. The van der Waals surface area contributed by atoms with E-state index in [9.17, 15) is 8.78 Å². The highest BCUT2D eigenvalue weighted by atomic mass is 79.9. The van der Waals surface area contributed by atoms with Crippen LogP contribution >= 0.6 is 27.5 Å². The Morgan fingerprint density at radius 1 is 1.62 bits per heavy atom. The van der Waals surface area contributed by atoms with Crippen molar-refractivity contribution in [1.29, 1.82) is 0 Å². The molecule has 2 nitrogen and oxygen atoms in total. The number of pyridine rings is 1. The van der Waals surface area contributed by atoms with E-state index in [0.717, 1.165) is 0 Å². The van der Waals surface area contributed by atoms with Crippen molar-refractivity contribution in [1.82, 2.24) is 4.98 Å².